The fraction of sp³-hybridized carbons (Fsp3) is 0.321. The first kappa shape index (κ1) is 26.1. The highest BCUT2D eigenvalue weighted by Gasteiger charge is 2.19. The summed E-state index contributed by atoms with van der Waals surface area (Å²) in [5.74, 6) is 1.08. The summed E-state index contributed by atoms with van der Waals surface area (Å²) in [6.45, 7) is 6.94. The van der Waals surface area contributed by atoms with Crippen LogP contribution in [0.3, 0.4) is 0 Å². The minimum atomic E-state index is -0.587. The number of hydrogen-bond acceptors (Lipinski definition) is 7. The van der Waals surface area contributed by atoms with Crippen LogP contribution in [0.15, 0.2) is 48.7 Å². The Labute approximate surface area is 216 Å². The Balaban J connectivity index is 1.74. The van der Waals surface area contributed by atoms with Crippen LogP contribution in [-0.4, -0.2) is 45.7 Å². The van der Waals surface area contributed by atoms with Crippen molar-refractivity contribution in [2.45, 2.75) is 39.8 Å². The number of nitrogens with zero attached hydrogens (tertiary/aromatic N) is 2. The molecule has 0 fully saturated rings. The highest BCUT2D eigenvalue weighted by molar-refractivity contribution is 6.06. The van der Waals surface area contributed by atoms with Crippen molar-refractivity contribution >= 4 is 28.4 Å². The summed E-state index contributed by atoms with van der Waals surface area (Å²) in [4.78, 5) is 24.7. The smallest absolute Gasteiger partial charge is 0.252 e. The summed E-state index contributed by atoms with van der Waals surface area (Å²) in [6.07, 6.45) is 2.23. The number of hydrogen-bond donors (Lipinski definition) is 5. The second kappa shape index (κ2) is 11.4. The zero-order chi connectivity index (χ0) is 26.5. The fourth-order valence-corrected chi connectivity index (χ4v) is 4.38. The first-order chi connectivity index (χ1) is 17.9. The number of aromatic nitrogens is 3. The van der Waals surface area contributed by atoms with Gasteiger partial charge >= 0.3 is 0 Å². The van der Waals surface area contributed by atoms with Crippen molar-refractivity contribution in [2.75, 3.05) is 19.0 Å². The number of nitrogens with two attached hydrogens (primary N) is 1. The van der Waals surface area contributed by atoms with E-state index >= 15 is 0 Å². The van der Waals surface area contributed by atoms with E-state index in [9.17, 15) is 9.90 Å². The number of aromatic amines is 1. The zero-order valence-electron chi connectivity index (χ0n) is 21.6. The van der Waals surface area contributed by atoms with Crippen LogP contribution in [0.25, 0.3) is 22.6 Å². The van der Waals surface area contributed by atoms with Crippen LogP contribution in [0.1, 0.15) is 42.3 Å². The molecule has 0 aliphatic carbocycles. The molecule has 1 atom stereocenters. The first-order valence-electron chi connectivity index (χ1n) is 12.4. The van der Waals surface area contributed by atoms with E-state index in [1.807, 2.05) is 36.4 Å². The molecule has 0 spiro atoms. The Bertz CT molecular complexity index is 1380. The Morgan fingerprint density at radius 1 is 1.19 bits per heavy atom. The summed E-state index contributed by atoms with van der Waals surface area (Å²) < 4.78 is 5.25. The van der Waals surface area contributed by atoms with E-state index < -0.39 is 5.91 Å². The third-order valence-electron chi connectivity index (χ3n) is 6.59. The minimum absolute atomic E-state index is 0.00368. The van der Waals surface area contributed by atoms with Gasteiger partial charge in [0.25, 0.3) is 5.91 Å². The van der Waals surface area contributed by atoms with Crippen molar-refractivity contribution in [1.82, 2.24) is 20.3 Å². The molecular weight excluding hydrogens is 468 g/mol. The molecule has 9 nitrogen and oxygen atoms in total. The molecule has 1 unspecified atom stereocenters. The lowest BCUT2D eigenvalue weighted by molar-refractivity contribution is 0.100. The van der Waals surface area contributed by atoms with E-state index in [-0.39, 0.29) is 18.2 Å². The van der Waals surface area contributed by atoms with Crippen LogP contribution < -0.4 is 21.1 Å². The molecule has 6 N–H and O–H groups in total. The van der Waals surface area contributed by atoms with Crippen LogP contribution in [-0.2, 0) is 13.0 Å². The standard InChI is InChI=1S/C28H34N6O3/c1-5-20-18(13-30-23(15-35)16(2)3)7-6-8-22(20)32-24-21(26(29)36)14-31-28-25(24)33-27(34-28)17-9-11-19(37-4)12-10-17/h6-12,14,16,23,30,35H,5,13,15H2,1-4H3,(H2,29,36)(H2,31,32,33,34). The molecule has 9 heteroatoms. The number of benzene rings is 2. The Hall–Kier alpha value is -3.95. The summed E-state index contributed by atoms with van der Waals surface area (Å²) in [7, 11) is 1.62. The van der Waals surface area contributed by atoms with Gasteiger partial charge in [-0.15, -0.1) is 0 Å². The molecule has 4 rings (SSSR count). The Morgan fingerprint density at radius 3 is 2.57 bits per heavy atom. The van der Waals surface area contributed by atoms with Crippen molar-refractivity contribution in [2.24, 2.45) is 11.7 Å². The number of anilines is 2. The van der Waals surface area contributed by atoms with Gasteiger partial charge in [-0.05, 0) is 53.8 Å². The van der Waals surface area contributed by atoms with E-state index in [0.29, 0.717) is 35.1 Å². The molecule has 0 saturated heterocycles. The lowest BCUT2D eigenvalue weighted by Crippen LogP contribution is -2.36. The number of rotatable bonds is 11. The number of fused-ring (bicyclic) bond motifs is 1. The van der Waals surface area contributed by atoms with Gasteiger partial charge in [-0.1, -0.05) is 32.9 Å². The minimum Gasteiger partial charge on any atom is -0.497 e. The number of amides is 1. The largest absolute Gasteiger partial charge is 0.497 e. The van der Waals surface area contributed by atoms with Crippen LogP contribution in [0, 0.1) is 5.92 Å². The lowest BCUT2D eigenvalue weighted by atomic mass is 10.0. The van der Waals surface area contributed by atoms with E-state index in [4.69, 9.17) is 10.5 Å². The Kier molecular flexibility index (Phi) is 8.05. The van der Waals surface area contributed by atoms with Crippen molar-refractivity contribution in [3.8, 4) is 17.1 Å². The molecule has 2 aromatic heterocycles. The molecule has 2 aromatic carbocycles. The summed E-state index contributed by atoms with van der Waals surface area (Å²) >= 11 is 0. The van der Waals surface area contributed by atoms with E-state index in [2.05, 4.69) is 52.4 Å². The predicted molar refractivity (Wildman–Crippen MR) is 146 cm³/mol. The van der Waals surface area contributed by atoms with Crippen molar-refractivity contribution in [3.63, 3.8) is 0 Å². The number of methoxy groups -OCH3 is 1. The van der Waals surface area contributed by atoms with Crippen LogP contribution >= 0.6 is 0 Å². The van der Waals surface area contributed by atoms with Crippen molar-refractivity contribution in [3.05, 3.63) is 65.4 Å². The second-order valence-electron chi connectivity index (χ2n) is 9.26. The molecule has 0 aliphatic rings. The number of ether oxygens (including phenoxy) is 1. The maximum Gasteiger partial charge on any atom is 0.252 e. The highest BCUT2D eigenvalue weighted by Crippen LogP contribution is 2.32. The molecular formula is C28H34N6O3. The topological polar surface area (TPSA) is 138 Å². The number of pyridine rings is 1. The number of carbonyl (C=O) groups excluding carboxylic acids is 1. The van der Waals surface area contributed by atoms with Gasteiger partial charge in [0.1, 0.15) is 17.1 Å². The lowest BCUT2D eigenvalue weighted by Gasteiger charge is -2.22. The molecule has 2 heterocycles. The highest BCUT2D eigenvalue weighted by atomic mass is 16.5. The van der Waals surface area contributed by atoms with Gasteiger partial charge in [0.2, 0.25) is 0 Å². The summed E-state index contributed by atoms with van der Waals surface area (Å²) in [5, 5.41) is 16.6. The van der Waals surface area contributed by atoms with Gasteiger partial charge in [-0.3, -0.25) is 4.79 Å². The molecule has 0 bridgehead atoms. The molecule has 194 valence electrons. The van der Waals surface area contributed by atoms with Gasteiger partial charge in [0.15, 0.2) is 5.65 Å². The van der Waals surface area contributed by atoms with E-state index in [1.54, 1.807) is 7.11 Å². The molecule has 0 aliphatic heterocycles. The first-order valence-corrected chi connectivity index (χ1v) is 12.4. The van der Waals surface area contributed by atoms with E-state index in [1.165, 1.54) is 6.20 Å². The number of nitrogens with one attached hydrogen (secondary N) is 3. The van der Waals surface area contributed by atoms with Crippen molar-refractivity contribution in [1.29, 1.82) is 0 Å². The maximum atomic E-state index is 12.4. The SMILES string of the molecule is CCc1c(CNC(CO)C(C)C)cccc1Nc1c(C(N)=O)cnc2nc(-c3ccc(OC)cc3)[nH]c12. The second-order valence-corrected chi connectivity index (χ2v) is 9.26. The summed E-state index contributed by atoms with van der Waals surface area (Å²) in [6, 6.07) is 13.5. The van der Waals surface area contributed by atoms with Gasteiger partial charge < -0.3 is 31.2 Å². The normalized spacial score (nSPS) is 12.2. The molecule has 4 aromatic rings. The third kappa shape index (κ3) is 5.58. The average molecular weight is 503 g/mol. The van der Waals surface area contributed by atoms with Gasteiger partial charge in [0, 0.05) is 30.0 Å². The fourth-order valence-electron chi connectivity index (χ4n) is 4.38. The number of aliphatic hydroxyl groups is 1. The number of imidazole rings is 1. The number of aliphatic hydroxyl groups excluding tert-OH is 1. The van der Waals surface area contributed by atoms with Crippen LogP contribution in [0.5, 0.6) is 5.75 Å². The molecule has 0 saturated carbocycles. The molecule has 1 amide bonds. The molecule has 37 heavy (non-hydrogen) atoms. The number of carbonyl (C=O) groups is 1. The molecule has 0 radical (unpaired) electrons. The van der Waals surface area contributed by atoms with Gasteiger partial charge in [-0.2, -0.15) is 0 Å². The zero-order valence-corrected chi connectivity index (χ0v) is 21.6. The van der Waals surface area contributed by atoms with Crippen molar-refractivity contribution < 1.29 is 14.6 Å². The quantitative estimate of drug-likeness (QED) is 0.208. The average Bonchev–Trinajstić information content (AvgIpc) is 3.34. The maximum absolute atomic E-state index is 12.4. The van der Waals surface area contributed by atoms with Crippen LogP contribution in [0.2, 0.25) is 0 Å². The third-order valence-corrected chi connectivity index (χ3v) is 6.59. The monoisotopic (exact) mass is 502 g/mol. The van der Waals surface area contributed by atoms with E-state index in [0.717, 1.165) is 34.5 Å². The Morgan fingerprint density at radius 2 is 1.95 bits per heavy atom. The predicted octanol–water partition coefficient (Wildman–Crippen LogP) is 4.14. The van der Waals surface area contributed by atoms with Gasteiger partial charge in [0.05, 0.1) is 25.0 Å². The summed E-state index contributed by atoms with van der Waals surface area (Å²) in [5.41, 5.74) is 11.5. The van der Waals surface area contributed by atoms with Crippen LogP contribution in [0.4, 0.5) is 11.4 Å². The number of primary amides is 1. The number of H-pyrrole nitrogens is 1. The van der Waals surface area contributed by atoms with Gasteiger partial charge in [-0.25, -0.2) is 9.97 Å².